The van der Waals surface area contributed by atoms with Crippen LogP contribution in [0.2, 0.25) is 5.02 Å². The summed E-state index contributed by atoms with van der Waals surface area (Å²) in [4.78, 5) is 11.9. The van der Waals surface area contributed by atoms with Crippen LogP contribution in [0.3, 0.4) is 0 Å². The van der Waals surface area contributed by atoms with Crippen LogP contribution in [0.5, 0.6) is 11.6 Å². The molecule has 4 heterocycles. The lowest BCUT2D eigenvalue weighted by Gasteiger charge is -2.13. The van der Waals surface area contributed by atoms with E-state index in [1.165, 1.54) is 36.6 Å². The topological polar surface area (TPSA) is 109 Å². The zero-order chi connectivity index (χ0) is 24.6. The lowest BCUT2D eigenvalue weighted by Crippen LogP contribution is -2.18. The number of nitrogens with one attached hydrogen (secondary N) is 1. The molecule has 1 N–H and O–H groups in total. The van der Waals surface area contributed by atoms with E-state index in [1.54, 1.807) is 11.7 Å². The lowest BCUT2D eigenvalue weighted by atomic mass is 10.2. The Bertz CT molecular complexity index is 1070. The van der Waals surface area contributed by atoms with Crippen molar-refractivity contribution >= 4 is 29.5 Å². The first-order chi connectivity index (χ1) is 16.3. The molecule has 1 aliphatic rings. The van der Waals surface area contributed by atoms with Gasteiger partial charge in [0.05, 0.1) is 17.1 Å². The second kappa shape index (κ2) is 12.0. The number of ether oxygens (including phenoxy) is 3. The van der Waals surface area contributed by atoms with Gasteiger partial charge in [0.15, 0.2) is 11.6 Å². The SMILES string of the molecule is CCOC.FC(F)(F)Oc1nccc2c1OCCn1c(NSCCc3ncc(Cl)cn3)nnc1-2. The van der Waals surface area contributed by atoms with Crippen LogP contribution in [0.25, 0.3) is 11.4 Å². The number of rotatable bonds is 7. The molecule has 0 spiro atoms. The summed E-state index contributed by atoms with van der Waals surface area (Å²) >= 11 is 7.13. The number of halogens is 4. The van der Waals surface area contributed by atoms with Crippen molar-refractivity contribution in [3.05, 3.63) is 35.5 Å². The minimum atomic E-state index is -4.89. The molecular formula is C19H21ClF3N7O3S. The smallest absolute Gasteiger partial charge is 0.485 e. The van der Waals surface area contributed by atoms with Gasteiger partial charge in [0.25, 0.3) is 5.88 Å². The van der Waals surface area contributed by atoms with Gasteiger partial charge in [0.1, 0.15) is 12.4 Å². The highest BCUT2D eigenvalue weighted by molar-refractivity contribution is 8.00. The van der Waals surface area contributed by atoms with Gasteiger partial charge in [-0.15, -0.1) is 23.4 Å². The standard InChI is InChI=1S/C16H13ClF3N7O2S.C3H8O/c17-9-7-22-11(23-8-9)2-6-30-26-15-25-24-13-10-1-3-21-14(29-16(18,19)20)12(10)28-5-4-27(13)15;1-3-4-2/h1,3,7-8H,2,4-6H2,(H,25,26);3H2,1-2H3. The maximum absolute atomic E-state index is 12.6. The first kappa shape index (κ1) is 25.8. The molecule has 4 rings (SSSR count). The predicted molar refractivity (Wildman–Crippen MR) is 120 cm³/mol. The maximum Gasteiger partial charge on any atom is 0.574 e. The summed E-state index contributed by atoms with van der Waals surface area (Å²) in [7, 11) is 1.68. The number of fused-ring (bicyclic) bond motifs is 3. The van der Waals surface area contributed by atoms with E-state index >= 15 is 0 Å². The number of nitrogens with zero attached hydrogens (tertiary/aromatic N) is 6. The Hall–Kier alpha value is -2.84. The van der Waals surface area contributed by atoms with Crippen LogP contribution in [0.1, 0.15) is 12.7 Å². The Morgan fingerprint density at radius 3 is 2.65 bits per heavy atom. The van der Waals surface area contributed by atoms with E-state index < -0.39 is 12.2 Å². The van der Waals surface area contributed by atoms with E-state index in [2.05, 4.69) is 39.3 Å². The summed E-state index contributed by atoms with van der Waals surface area (Å²) in [6.45, 7) is 3.20. The molecule has 0 fully saturated rings. The number of anilines is 1. The van der Waals surface area contributed by atoms with Gasteiger partial charge in [-0.3, -0.25) is 9.29 Å². The van der Waals surface area contributed by atoms with Crippen LogP contribution in [0.4, 0.5) is 19.1 Å². The Morgan fingerprint density at radius 2 is 1.97 bits per heavy atom. The van der Waals surface area contributed by atoms with Gasteiger partial charge in [-0.25, -0.2) is 15.0 Å². The van der Waals surface area contributed by atoms with E-state index in [1.807, 2.05) is 6.92 Å². The molecule has 3 aromatic rings. The molecule has 0 saturated heterocycles. The Balaban J connectivity index is 0.000000751. The predicted octanol–water partition coefficient (Wildman–Crippen LogP) is 4.03. The fraction of sp³-hybridized carbons (Fsp3) is 0.421. The van der Waals surface area contributed by atoms with Crippen molar-refractivity contribution in [3.63, 3.8) is 0 Å². The molecule has 10 nitrogen and oxygen atoms in total. The number of alkyl halides is 3. The Morgan fingerprint density at radius 1 is 1.24 bits per heavy atom. The van der Waals surface area contributed by atoms with Crippen molar-refractivity contribution in [2.75, 3.05) is 30.8 Å². The molecule has 3 aromatic heterocycles. The van der Waals surface area contributed by atoms with Crippen LogP contribution >= 0.6 is 23.5 Å². The van der Waals surface area contributed by atoms with Crippen molar-refractivity contribution in [3.8, 4) is 23.0 Å². The van der Waals surface area contributed by atoms with E-state index in [9.17, 15) is 13.2 Å². The summed E-state index contributed by atoms with van der Waals surface area (Å²) in [5.41, 5.74) is 0.307. The second-order valence-electron chi connectivity index (χ2n) is 6.48. The summed E-state index contributed by atoms with van der Waals surface area (Å²) in [5.74, 6) is 1.30. The third kappa shape index (κ3) is 7.08. The van der Waals surface area contributed by atoms with Gasteiger partial charge in [-0.05, 0) is 24.9 Å². The fourth-order valence-corrected chi connectivity index (χ4v) is 3.45. The van der Waals surface area contributed by atoms with Crippen molar-refractivity contribution in [2.24, 2.45) is 0 Å². The molecule has 0 aromatic carbocycles. The largest absolute Gasteiger partial charge is 0.574 e. The first-order valence-corrected chi connectivity index (χ1v) is 11.3. The fourth-order valence-electron chi connectivity index (χ4n) is 2.68. The molecular weight excluding hydrogens is 499 g/mol. The molecule has 15 heteroatoms. The molecule has 184 valence electrons. The molecule has 0 bridgehead atoms. The highest BCUT2D eigenvalue weighted by Crippen LogP contribution is 2.40. The van der Waals surface area contributed by atoms with Gasteiger partial charge >= 0.3 is 6.36 Å². The van der Waals surface area contributed by atoms with E-state index in [0.717, 1.165) is 6.61 Å². The van der Waals surface area contributed by atoms with Crippen molar-refractivity contribution < 1.29 is 27.4 Å². The molecule has 0 atom stereocenters. The van der Waals surface area contributed by atoms with Crippen molar-refractivity contribution in [1.29, 1.82) is 0 Å². The van der Waals surface area contributed by atoms with Crippen LogP contribution in [-0.2, 0) is 17.7 Å². The van der Waals surface area contributed by atoms with Crippen molar-refractivity contribution in [1.82, 2.24) is 29.7 Å². The Labute approximate surface area is 202 Å². The first-order valence-electron chi connectivity index (χ1n) is 9.96. The third-order valence-electron chi connectivity index (χ3n) is 4.19. The quantitative estimate of drug-likeness (QED) is 0.363. The molecule has 0 amide bonds. The number of hydrogen-bond acceptors (Lipinski definition) is 10. The highest BCUT2D eigenvalue weighted by atomic mass is 35.5. The van der Waals surface area contributed by atoms with E-state index in [0.29, 0.717) is 46.9 Å². The van der Waals surface area contributed by atoms with E-state index in [4.69, 9.17) is 16.3 Å². The minimum absolute atomic E-state index is 0.0932. The molecule has 0 saturated carbocycles. The second-order valence-corrected chi connectivity index (χ2v) is 7.82. The molecule has 34 heavy (non-hydrogen) atoms. The van der Waals surface area contributed by atoms with Gasteiger partial charge in [-0.1, -0.05) is 11.6 Å². The zero-order valence-corrected chi connectivity index (χ0v) is 19.7. The lowest BCUT2D eigenvalue weighted by molar-refractivity contribution is -0.276. The van der Waals surface area contributed by atoms with Crippen LogP contribution in [0, 0.1) is 0 Å². The van der Waals surface area contributed by atoms with E-state index in [-0.39, 0.29) is 12.4 Å². The monoisotopic (exact) mass is 519 g/mol. The zero-order valence-electron chi connectivity index (χ0n) is 18.2. The highest BCUT2D eigenvalue weighted by Gasteiger charge is 2.35. The summed E-state index contributed by atoms with van der Waals surface area (Å²) in [6, 6.07) is 1.50. The van der Waals surface area contributed by atoms with Gasteiger partial charge in [0.2, 0.25) is 5.95 Å². The van der Waals surface area contributed by atoms with Gasteiger partial charge in [-0.2, -0.15) is 0 Å². The number of methoxy groups -OCH3 is 1. The number of aryl methyl sites for hydroxylation is 1. The molecule has 1 aliphatic heterocycles. The minimum Gasteiger partial charge on any atom is -0.485 e. The number of aromatic nitrogens is 6. The van der Waals surface area contributed by atoms with Crippen LogP contribution < -0.4 is 14.2 Å². The van der Waals surface area contributed by atoms with Gasteiger partial charge in [0, 0.05) is 44.5 Å². The third-order valence-corrected chi connectivity index (χ3v) is 5.12. The molecule has 0 unspecified atom stereocenters. The molecule has 0 aliphatic carbocycles. The normalized spacial score (nSPS) is 12.4. The Kier molecular flexibility index (Phi) is 9.12. The average molecular weight is 520 g/mol. The number of pyridine rings is 1. The summed E-state index contributed by atoms with van der Waals surface area (Å²) in [5, 5.41) is 8.66. The molecule has 0 radical (unpaired) electrons. The van der Waals surface area contributed by atoms with Crippen molar-refractivity contribution in [2.45, 2.75) is 26.3 Å². The van der Waals surface area contributed by atoms with Gasteiger partial charge < -0.3 is 14.2 Å². The average Bonchev–Trinajstić information content (AvgIpc) is 3.10. The summed E-state index contributed by atoms with van der Waals surface area (Å²) in [6.07, 6.45) is -0.0251. The summed E-state index contributed by atoms with van der Waals surface area (Å²) < 4.78 is 56.7. The number of hydrogen-bond donors (Lipinski definition) is 1. The van der Waals surface area contributed by atoms with Crippen LogP contribution in [-0.4, -0.2) is 62.2 Å². The van der Waals surface area contributed by atoms with Crippen LogP contribution in [0.15, 0.2) is 24.7 Å². The maximum atomic E-state index is 12.6.